The van der Waals surface area contributed by atoms with Crippen LogP contribution in [0.2, 0.25) is 0 Å². The van der Waals surface area contributed by atoms with Crippen molar-refractivity contribution >= 4 is 0 Å². The van der Waals surface area contributed by atoms with Crippen molar-refractivity contribution in [3.05, 3.63) is 22.9 Å². The molecule has 0 aromatic carbocycles. The van der Waals surface area contributed by atoms with Gasteiger partial charge in [0, 0.05) is 11.3 Å². The van der Waals surface area contributed by atoms with Crippen molar-refractivity contribution in [1.82, 2.24) is 4.98 Å². The van der Waals surface area contributed by atoms with Gasteiger partial charge in [0.25, 0.3) is 0 Å². The number of nitrogens with zero attached hydrogens (tertiary/aromatic N) is 1. The van der Waals surface area contributed by atoms with Crippen molar-refractivity contribution in [2.45, 2.75) is 33.6 Å². The molecule has 0 amide bonds. The lowest BCUT2D eigenvalue weighted by Gasteiger charge is -2.14. The van der Waals surface area contributed by atoms with Crippen molar-refractivity contribution in [2.75, 3.05) is 7.11 Å². The van der Waals surface area contributed by atoms with E-state index in [2.05, 4.69) is 31.8 Å². The molecule has 0 spiro atoms. The van der Waals surface area contributed by atoms with Crippen LogP contribution >= 0.6 is 0 Å². The molecule has 0 fully saturated rings. The van der Waals surface area contributed by atoms with Gasteiger partial charge in [-0.05, 0) is 31.4 Å². The van der Waals surface area contributed by atoms with Crippen LogP contribution in [-0.2, 0) is 0 Å². The molecule has 0 aliphatic carbocycles. The monoisotopic (exact) mass is 179 g/mol. The molecule has 0 aliphatic heterocycles. The van der Waals surface area contributed by atoms with E-state index in [9.17, 15) is 0 Å². The van der Waals surface area contributed by atoms with Gasteiger partial charge in [0.1, 0.15) is 0 Å². The minimum atomic E-state index is 0.461. The SMILES string of the molecule is COc1nc(C)cc(C)c1C(C)C. The summed E-state index contributed by atoms with van der Waals surface area (Å²) in [7, 11) is 1.67. The summed E-state index contributed by atoms with van der Waals surface area (Å²) in [6.07, 6.45) is 0. The third-order valence-corrected chi connectivity index (χ3v) is 2.13. The van der Waals surface area contributed by atoms with Crippen LogP contribution in [0.3, 0.4) is 0 Å². The first kappa shape index (κ1) is 10.0. The largest absolute Gasteiger partial charge is 0.481 e. The molecular weight excluding hydrogens is 162 g/mol. The van der Waals surface area contributed by atoms with Crippen molar-refractivity contribution in [3.63, 3.8) is 0 Å². The van der Waals surface area contributed by atoms with E-state index in [1.807, 2.05) is 6.92 Å². The second kappa shape index (κ2) is 3.77. The Kier molecular flexibility index (Phi) is 2.91. The molecule has 1 rings (SSSR count). The molecule has 0 N–H and O–H groups in total. The molecule has 2 heteroatoms. The second-order valence-corrected chi connectivity index (χ2v) is 3.66. The first-order chi connectivity index (χ1) is 6.06. The van der Waals surface area contributed by atoms with Gasteiger partial charge in [-0.3, -0.25) is 0 Å². The van der Waals surface area contributed by atoms with Crippen LogP contribution in [0.25, 0.3) is 0 Å². The Balaban J connectivity index is 3.30. The Morgan fingerprint density at radius 1 is 1.31 bits per heavy atom. The van der Waals surface area contributed by atoms with Gasteiger partial charge in [0.05, 0.1) is 7.11 Å². The van der Waals surface area contributed by atoms with E-state index < -0.39 is 0 Å². The Morgan fingerprint density at radius 3 is 2.38 bits per heavy atom. The van der Waals surface area contributed by atoms with E-state index in [1.54, 1.807) is 7.11 Å². The summed E-state index contributed by atoms with van der Waals surface area (Å²) in [5, 5.41) is 0. The van der Waals surface area contributed by atoms with E-state index in [0.29, 0.717) is 5.92 Å². The predicted molar refractivity (Wildman–Crippen MR) is 54.4 cm³/mol. The normalized spacial score (nSPS) is 10.6. The zero-order chi connectivity index (χ0) is 10.0. The molecule has 1 heterocycles. The molecule has 13 heavy (non-hydrogen) atoms. The highest BCUT2D eigenvalue weighted by molar-refractivity contribution is 5.38. The fraction of sp³-hybridized carbons (Fsp3) is 0.545. The summed E-state index contributed by atoms with van der Waals surface area (Å²) in [6.45, 7) is 8.40. The second-order valence-electron chi connectivity index (χ2n) is 3.66. The molecule has 0 radical (unpaired) electrons. The van der Waals surface area contributed by atoms with Gasteiger partial charge in [-0.1, -0.05) is 13.8 Å². The molecule has 0 saturated heterocycles. The Hall–Kier alpha value is -1.05. The zero-order valence-corrected chi connectivity index (χ0v) is 9.01. The predicted octanol–water partition coefficient (Wildman–Crippen LogP) is 2.83. The van der Waals surface area contributed by atoms with Crippen molar-refractivity contribution in [1.29, 1.82) is 0 Å². The van der Waals surface area contributed by atoms with Crippen LogP contribution in [0.5, 0.6) is 5.88 Å². The average Bonchev–Trinajstić information content (AvgIpc) is 2.01. The Labute approximate surface area is 80.0 Å². The molecule has 72 valence electrons. The van der Waals surface area contributed by atoms with E-state index >= 15 is 0 Å². The number of hydrogen-bond donors (Lipinski definition) is 0. The fourth-order valence-electron chi connectivity index (χ4n) is 1.67. The van der Waals surface area contributed by atoms with Gasteiger partial charge < -0.3 is 4.74 Å². The molecule has 0 saturated carbocycles. The van der Waals surface area contributed by atoms with Crippen molar-refractivity contribution < 1.29 is 4.74 Å². The van der Waals surface area contributed by atoms with Gasteiger partial charge >= 0.3 is 0 Å². The molecule has 1 aromatic rings. The topological polar surface area (TPSA) is 22.1 Å². The van der Waals surface area contributed by atoms with Crippen LogP contribution in [0, 0.1) is 13.8 Å². The molecule has 1 aromatic heterocycles. The number of aromatic nitrogens is 1. The highest BCUT2D eigenvalue weighted by Gasteiger charge is 2.12. The molecule has 0 bridgehead atoms. The number of methoxy groups -OCH3 is 1. The third-order valence-electron chi connectivity index (χ3n) is 2.13. The number of ether oxygens (including phenoxy) is 1. The Morgan fingerprint density at radius 2 is 1.92 bits per heavy atom. The van der Waals surface area contributed by atoms with E-state index in [0.717, 1.165) is 11.6 Å². The van der Waals surface area contributed by atoms with Crippen molar-refractivity contribution in [2.24, 2.45) is 0 Å². The smallest absolute Gasteiger partial charge is 0.216 e. The van der Waals surface area contributed by atoms with E-state index in [4.69, 9.17) is 4.74 Å². The molecular formula is C11H17NO. The summed E-state index contributed by atoms with van der Waals surface area (Å²) in [5.74, 6) is 1.23. The Bertz CT molecular complexity index is 305. The summed E-state index contributed by atoms with van der Waals surface area (Å²) in [6, 6.07) is 2.10. The lowest BCUT2D eigenvalue weighted by atomic mass is 9.99. The van der Waals surface area contributed by atoms with E-state index in [1.165, 1.54) is 11.1 Å². The van der Waals surface area contributed by atoms with Gasteiger partial charge in [-0.25, -0.2) is 4.98 Å². The summed E-state index contributed by atoms with van der Waals surface area (Å²) < 4.78 is 5.26. The lowest BCUT2D eigenvalue weighted by Crippen LogP contribution is -2.01. The van der Waals surface area contributed by atoms with Crippen molar-refractivity contribution in [3.8, 4) is 5.88 Å². The lowest BCUT2D eigenvalue weighted by molar-refractivity contribution is 0.388. The zero-order valence-electron chi connectivity index (χ0n) is 9.01. The van der Waals surface area contributed by atoms with Gasteiger partial charge in [0.15, 0.2) is 0 Å². The number of aryl methyl sites for hydroxylation is 2. The maximum absolute atomic E-state index is 5.26. The highest BCUT2D eigenvalue weighted by atomic mass is 16.5. The van der Waals surface area contributed by atoms with E-state index in [-0.39, 0.29) is 0 Å². The molecule has 0 aliphatic rings. The standard InChI is InChI=1S/C11H17NO/c1-7(2)10-8(3)6-9(4)12-11(10)13-5/h6-7H,1-5H3. The van der Waals surface area contributed by atoms with Gasteiger partial charge in [0.2, 0.25) is 5.88 Å². The first-order valence-electron chi connectivity index (χ1n) is 4.58. The first-order valence-corrected chi connectivity index (χ1v) is 4.58. The van der Waals surface area contributed by atoms with Gasteiger partial charge in [-0.2, -0.15) is 0 Å². The summed E-state index contributed by atoms with van der Waals surface area (Å²) >= 11 is 0. The number of rotatable bonds is 2. The minimum absolute atomic E-state index is 0.461. The van der Waals surface area contributed by atoms with Crippen LogP contribution in [-0.4, -0.2) is 12.1 Å². The van der Waals surface area contributed by atoms with Gasteiger partial charge in [-0.15, -0.1) is 0 Å². The van der Waals surface area contributed by atoms with Crippen LogP contribution < -0.4 is 4.74 Å². The maximum Gasteiger partial charge on any atom is 0.216 e. The quantitative estimate of drug-likeness (QED) is 0.696. The molecule has 2 nitrogen and oxygen atoms in total. The van der Waals surface area contributed by atoms with Crippen LogP contribution in [0.15, 0.2) is 6.07 Å². The molecule has 0 unspecified atom stereocenters. The third kappa shape index (κ3) is 2.00. The maximum atomic E-state index is 5.26. The average molecular weight is 179 g/mol. The van der Waals surface area contributed by atoms with Crippen LogP contribution in [0.4, 0.5) is 0 Å². The van der Waals surface area contributed by atoms with Crippen LogP contribution in [0.1, 0.15) is 36.6 Å². The summed E-state index contributed by atoms with van der Waals surface area (Å²) in [5.41, 5.74) is 3.49. The fourth-order valence-corrected chi connectivity index (χ4v) is 1.67. The number of pyridine rings is 1. The molecule has 0 atom stereocenters. The number of hydrogen-bond acceptors (Lipinski definition) is 2. The minimum Gasteiger partial charge on any atom is -0.481 e. The highest BCUT2D eigenvalue weighted by Crippen LogP contribution is 2.27. The summed E-state index contributed by atoms with van der Waals surface area (Å²) in [4.78, 5) is 4.35.